The summed E-state index contributed by atoms with van der Waals surface area (Å²) in [6.45, 7) is 6.24. The van der Waals surface area contributed by atoms with Crippen molar-refractivity contribution in [2.24, 2.45) is 0 Å². The quantitative estimate of drug-likeness (QED) is 0.482. The van der Waals surface area contributed by atoms with Gasteiger partial charge in [0.15, 0.2) is 10.9 Å². The van der Waals surface area contributed by atoms with Crippen LogP contribution in [0.4, 0.5) is 5.69 Å². The molecule has 0 aliphatic carbocycles. The first-order valence-electron chi connectivity index (χ1n) is 7.90. The highest BCUT2D eigenvalue weighted by atomic mass is 32.2. The van der Waals surface area contributed by atoms with Gasteiger partial charge in [-0.25, -0.2) is 9.97 Å². The fourth-order valence-corrected chi connectivity index (χ4v) is 3.78. The molecule has 4 nitrogen and oxygen atoms in total. The molecule has 0 radical (unpaired) electrons. The second kappa shape index (κ2) is 6.40. The third-order valence-electron chi connectivity index (χ3n) is 4.35. The molecule has 0 fully saturated rings. The highest BCUT2D eigenvalue weighted by Crippen LogP contribution is 2.46. The van der Waals surface area contributed by atoms with Crippen molar-refractivity contribution in [3.63, 3.8) is 0 Å². The molecule has 1 aliphatic heterocycles. The minimum absolute atomic E-state index is 0.0767. The Labute approximate surface area is 147 Å². The lowest BCUT2D eigenvalue weighted by atomic mass is 9.83. The summed E-state index contributed by atoms with van der Waals surface area (Å²) in [7, 11) is 2.02. The van der Waals surface area contributed by atoms with Crippen molar-refractivity contribution >= 4 is 23.2 Å². The molecule has 0 amide bonds. The molecular weight excluding hydrogens is 318 g/mol. The molecular formula is C19H21N3OS. The largest absolute Gasteiger partial charge is 0.347 e. The van der Waals surface area contributed by atoms with Gasteiger partial charge in [0.05, 0.1) is 5.75 Å². The number of carbonyl (C=O) groups excluding carboxylic acids is 1. The molecule has 0 atom stereocenters. The number of hydrogen-bond donors (Lipinski definition) is 0. The summed E-state index contributed by atoms with van der Waals surface area (Å²) < 4.78 is 0. The number of aryl methyl sites for hydroxylation is 1. The van der Waals surface area contributed by atoms with Crippen LogP contribution in [0.1, 0.15) is 25.1 Å². The van der Waals surface area contributed by atoms with Crippen LogP contribution in [0.3, 0.4) is 0 Å². The number of hydrogen-bond acceptors (Lipinski definition) is 5. The molecule has 0 saturated carbocycles. The number of para-hydroxylation sites is 1. The maximum Gasteiger partial charge on any atom is 0.188 e. The van der Waals surface area contributed by atoms with Gasteiger partial charge in [-0.05, 0) is 24.6 Å². The summed E-state index contributed by atoms with van der Waals surface area (Å²) in [5.41, 5.74) is 4.17. The van der Waals surface area contributed by atoms with Crippen molar-refractivity contribution in [3.8, 4) is 0 Å². The van der Waals surface area contributed by atoms with Gasteiger partial charge >= 0.3 is 0 Å². The number of anilines is 1. The SMILES string of the molecule is Cc1ccnc(SCC(=O)/C=C2/N(C)c3ccccc3C2(C)C)n1. The molecule has 0 unspecified atom stereocenters. The van der Waals surface area contributed by atoms with Gasteiger partial charge in [-0.2, -0.15) is 0 Å². The van der Waals surface area contributed by atoms with Gasteiger partial charge in [-0.1, -0.05) is 43.8 Å². The number of nitrogens with zero attached hydrogens (tertiary/aromatic N) is 3. The van der Waals surface area contributed by atoms with Crippen molar-refractivity contribution in [1.29, 1.82) is 0 Å². The molecule has 5 heteroatoms. The zero-order valence-corrected chi connectivity index (χ0v) is 15.2. The molecule has 1 aromatic heterocycles. The standard InChI is InChI=1S/C19H21N3OS/c1-13-9-10-20-18(21-13)24-12-14(23)11-17-19(2,3)15-7-5-6-8-16(15)22(17)4/h5-11H,12H2,1-4H3/b17-11+. The van der Waals surface area contributed by atoms with Gasteiger partial charge in [0.25, 0.3) is 0 Å². The van der Waals surface area contributed by atoms with Crippen LogP contribution in [0, 0.1) is 6.92 Å². The third kappa shape index (κ3) is 3.08. The number of rotatable bonds is 4. The zero-order chi connectivity index (χ0) is 17.3. The molecule has 0 N–H and O–H groups in total. The lowest BCUT2D eigenvalue weighted by Gasteiger charge is -2.23. The molecule has 2 heterocycles. The van der Waals surface area contributed by atoms with Crippen molar-refractivity contribution in [2.45, 2.75) is 31.3 Å². The fourth-order valence-electron chi connectivity index (χ4n) is 3.08. The van der Waals surface area contributed by atoms with Gasteiger partial charge in [0, 0.05) is 41.8 Å². The monoisotopic (exact) mass is 339 g/mol. The van der Waals surface area contributed by atoms with Crippen LogP contribution in [-0.4, -0.2) is 28.6 Å². The van der Waals surface area contributed by atoms with Crippen LogP contribution in [0.15, 0.2) is 53.5 Å². The Morgan fingerprint density at radius 1 is 1.29 bits per heavy atom. The van der Waals surface area contributed by atoms with Crippen LogP contribution in [0.2, 0.25) is 0 Å². The summed E-state index contributed by atoms with van der Waals surface area (Å²) in [6, 6.07) is 10.1. The van der Waals surface area contributed by atoms with Gasteiger partial charge in [-0.3, -0.25) is 4.79 Å². The highest BCUT2D eigenvalue weighted by Gasteiger charge is 2.38. The lowest BCUT2D eigenvalue weighted by molar-refractivity contribution is -0.112. The Balaban J connectivity index is 1.77. The molecule has 1 aliphatic rings. The average Bonchev–Trinajstić information content (AvgIpc) is 2.75. The van der Waals surface area contributed by atoms with E-state index in [1.54, 1.807) is 12.3 Å². The zero-order valence-electron chi connectivity index (χ0n) is 14.4. The average molecular weight is 339 g/mol. The molecule has 0 saturated heterocycles. The number of aromatic nitrogens is 2. The number of carbonyl (C=O) groups is 1. The number of likely N-dealkylation sites (N-methyl/N-ethyl adjacent to an activating group) is 1. The van der Waals surface area contributed by atoms with Gasteiger partial charge in [0.2, 0.25) is 0 Å². The number of ketones is 1. The molecule has 2 aromatic rings. The molecule has 1 aromatic carbocycles. The number of thioether (sulfide) groups is 1. The van der Waals surface area contributed by atoms with Crippen molar-refractivity contribution in [2.75, 3.05) is 17.7 Å². The molecule has 124 valence electrons. The van der Waals surface area contributed by atoms with E-state index in [9.17, 15) is 4.79 Å². The Morgan fingerprint density at radius 2 is 2.04 bits per heavy atom. The van der Waals surface area contributed by atoms with E-state index in [2.05, 4.69) is 40.8 Å². The van der Waals surface area contributed by atoms with E-state index < -0.39 is 0 Å². The first-order valence-corrected chi connectivity index (χ1v) is 8.89. The fraction of sp³-hybridized carbons (Fsp3) is 0.316. The highest BCUT2D eigenvalue weighted by molar-refractivity contribution is 7.99. The van der Waals surface area contributed by atoms with Crippen LogP contribution in [-0.2, 0) is 10.2 Å². The van der Waals surface area contributed by atoms with Crippen LogP contribution >= 0.6 is 11.8 Å². The lowest BCUT2D eigenvalue weighted by Crippen LogP contribution is -2.24. The van der Waals surface area contributed by atoms with Crippen LogP contribution in [0.25, 0.3) is 0 Å². The maximum atomic E-state index is 12.5. The van der Waals surface area contributed by atoms with E-state index in [-0.39, 0.29) is 11.2 Å². The molecule has 0 bridgehead atoms. The second-order valence-corrected chi connectivity index (χ2v) is 7.41. The minimum atomic E-state index is -0.175. The molecule has 0 spiro atoms. The predicted octanol–water partition coefficient (Wildman–Crippen LogP) is 3.76. The van der Waals surface area contributed by atoms with E-state index in [0.717, 1.165) is 17.1 Å². The number of allylic oxidation sites excluding steroid dienone is 2. The summed E-state index contributed by atoms with van der Waals surface area (Å²) in [6.07, 6.45) is 3.49. The Hall–Kier alpha value is -2.14. The third-order valence-corrected chi connectivity index (χ3v) is 5.24. The topological polar surface area (TPSA) is 46.1 Å². The van der Waals surface area contributed by atoms with E-state index >= 15 is 0 Å². The predicted molar refractivity (Wildman–Crippen MR) is 98.5 cm³/mol. The normalized spacial score (nSPS) is 17.2. The van der Waals surface area contributed by atoms with Crippen molar-refractivity contribution in [3.05, 3.63) is 59.6 Å². The van der Waals surface area contributed by atoms with Crippen molar-refractivity contribution in [1.82, 2.24) is 9.97 Å². The molecule has 3 rings (SSSR count). The van der Waals surface area contributed by atoms with Gasteiger partial charge in [0.1, 0.15) is 0 Å². The summed E-state index contributed by atoms with van der Waals surface area (Å²) in [5, 5.41) is 0.643. The maximum absolute atomic E-state index is 12.5. The van der Waals surface area contributed by atoms with Gasteiger partial charge in [-0.15, -0.1) is 0 Å². The first kappa shape index (κ1) is 16.7. The summed E-state index contributed by atoms with van der Waals surface area (Å²) in [5.74, 6) is 0.417. The number of fused-ring (bicyclic) bond motifs is 1. The Kier molecular flexibility index (Phi) is 4.45. The van der Waals surface area contributed by atoms with Gasteiger partial charge < -0.3 is 4.90 Å². The Bertz CT molecular complexity index is 814. The van der Waals surface area contributed by atoms with E-state index in [4.69, 9.17) is 0 Å². The van der Waals surface area contributed by atoms with Crippen LogP contribution < -0.4 is 4.90 Å². The molecule has 24 heavy (non-hydrogen) atoms. The van der Waals surface area contributed by atoms with Crippen molar-refractivity contribution < 1.29 is 4.79 Å². The second-order valence-electron chi connectivity index (χ2n) is 6.47. The van der Waals surface area contributed by atoms with Crippen LogP contribution in [0.5, 0.6) is 0 Å². The Morgan fingerprint density at radius 3 is 2.75 bits per heavy atom. The summed E-state index contributed by atoms with van der Waals surface area (Å²) >= 11 is 1.38. The van der Waals surface area contributed by atoms with E-state index in [1.807, 2.05) is 32.2 Å². The smallest absolute Gasteiger partial charge is 0.188 e. The van der Waals surface area contributed by atoms with E-state index in [1.165, 1.54) is 17.3 Å². The first-order chi connectivity index (χ1) is 11.4. The minimum Gasteiger partial charge on any atom is -0.347 e. The summed E-state index contributed by atoms with van der Waals surface area (Å²) in [4.78, 5) is 23.1. The van der Waals surface area contributed by atoms with E-state index in [0.29, 0.717) is 10.9 Å². The number of benzene rings is 1.